The van der Waals surface area contributed by atoms with Crippen molar-refractivity contribution >= 4 is 5.91 Å². The molecule has 1 aliphatic carbocycles. The van der Waals surface area contributed by atoms with Gasteiger partial charge in [-0.15, -0.1) is 0 Å². The Kier molecular flexibility index (Phi) is 2.90. The van der Waals surface area contributed by atoms with Gasteiger partial charge in [0.15, 0.2) is 0 Å². The summed E-state index contributed by atoms with van der Waals surface area (Å²) >= 11 is 0. The summed E-state index contributed by atoms with van der Waals surface area (Å²) in [7, 11) is 0. The van der Waals surface area contributed by atoms with Crippen LogP contribution in [0, 0.1) is 6.92 Å². The van der Waals surface area contributed by atoms with Crippen molar-refractivity contribution in [1.82, 2.24) is 9.88 Å². The maximum absolute atomic E-state index is 12.0. The summed E-state index contributed by atoms with van der Waals surface area (Å²) in [5.41, 5.74) is 9.92. The van der Waals surface area contributed by atoms with Crippen LogP contribution in [0.15, 0.2) is 6.07 Å². The summed E-state index contributed by atoms with van der Waals surface area (Å²) in [5, 5.41) is 2.97. The molecule has 0 radical (unpaired) electrons. The molecule has 2 atom stereocenters. The van der Waals surface area contributed by atoms with E-state index in [0.717, 1.165) is 38.6 Å². The topological polar surface area (TPSA) is 60.0 Å². The molecular weight excluding hydrogens is 226 g/mol. The van der Waals surface area contributed by atoms with Crippen LogP contribution < -0.4 is 11.1 Å². The maximum atomic E-state index is 12.0. The lowest BCUT2D eigenvalue weighted by atomic mass is 9.93. The molecule has 0 aromatic carbocycles. The number of carbonyl (C=O) groups is 1. The number of fused-ring (bicyclic) bond motifs is 1. The van der Waals surface area contributed by atoms with E-state index in [1.807, 2.05) is 0 Å². The molecule has 4 nitrogen and oxygen atoms in total. The molecule has 1 amide bonds. The highest BCUT2D eigenvalue weighted by molar-refractivity contribution is 5.81. The summed E-state index contributed by atoms with van der Waals surface area (Å²) in [5.74, 6) is 0.168. The van der Waals surface area contributed by atoms with Gasteiger partial charge in [0.05, 0.1) is 0 Å². The highest BCUT2D eigenvalue weighted by Gasteiger charge is 2.30. The van der Waals surface area contributed by atoms with Gasteiger partial charge >= 0.3 is 0 Å². The van der Waals surface area contributed by atoms with Crippen LogP contribution >= 0.6 is 0 Å². The van der Waals surface area contributed by atoms with Crippen LogP contribution in [0.5, 0.6) is 0 Å². The van der Waals surface area contributed by atoms with Gasteiger partial charge in [-0.3, -0.25) is 4.79 Å². The van der Waals surface area contributed by atoms with Crippen LogP contribution in [0.25, 0.3) is 0 Å². The van der Waals surface area contributed by atoms with Crippen LogP contribution in [0.2, 0.25) is 0 Å². The van der Waals surface area contributed by atoms with Crippen molar-refractivity contribution in [1.29, 1.82) is 0 Å². The van der Waals surface area contributed by atoms with E-state index in [-0.39, 0.29) is 18.0 Å². The van der Waals surface area contributed by atoms with Crippen molar-refractivity contribution in [2.24, 2.45) is 5.73 Å². The van der Waals surface area contributed by atoms with E-state index in [0.29, 0.717) is 0 Å². The number of amides is 1. The number of aryl methyl sites for hydroxylation is 1. The van der Waals surface area contributed by atoms with E-state index in [1.165, 1.54) is 17.0 Å². The molecule has 0 saturated carbocycles. The molecule has 0 bridgehead atoms. The Bertz CT molecular complexity index is 478. The minimum absolute atomic E-state index is 0.0206. The highest BCUT2D eigenvalue weighted by atomic mass is 16.2. The second-order valence-corrected chi connectivity index (χ2v) is 5.51. The normalized spacial score (nSPS) is 27.8. The first-order valence-corrected chi connectivity index (χ1v) is 6.92. The van der Waals surface area contributed by atoms with Gasteiger partial charge in [0.2, 0.25) is 5.91 Å². The molecule has 1 saturated heterocycles. The Balaban J connectivity index is 2.03. The van der Waals surface area contributed by atoms with Crippen LogP contribution in [0.1, 0.15) is 54.7 Å². The summed E-state index contributed by atoms with van der Waals surface area (Å²) in [6.07, 6.45) is 5.26. The minimum atomic E-state index is -0.0206. The molecule has 98 valence electrons. The second-order valence-electron chi connectivity index (χ2n) is 5.51. The Morgan fingerprint density at radius 3 is 3.00 bits per heavy atom. The molecule has 1 fully saturated rings. The molecule has 4 heteroatoms. The Morgan fingerprint density at radius 2 is 2.22 bits per heavy atom. The number of hydrogen-bond acceptors (Lipinski definition) is 2. The third-order valence-corrected chi connectivity index (χ3v) is 4.26. The summed E-state index contributed by atoms with van der Waals surface area (Å²) in [6, 6.07) is 2.31. The van der Waals surface area contributed by atoms with Crippen LogP contribution in [-0.4, -0.2) is 17.0 Å². The highest BCUT2D eigenvalue weighted by Crippen LogP contribution is 2.34. The molecule has 1 aromatic heterocycles. The fourth-order valence-electron chi connectivity index (χ4n) is 3.40. The molecule has 18 heavy (non-hydrogen) atoms. The third kappa shape index (κ3) is 1.75. The van der Waals surface area contributed by atoms with Gasteiger partial charge in [-0.25, -0.2) is 0 Å². The number of aromatic nitrogens is 1. The summed E-state index contributed by atoms with van der Waals surface area (Å²) in [4.78, 5) is 12.0. The molecule has 1 aromatic rings. The molecule has 3 N–H and O–H groups in total. The SMILES string of the molecule is Cc1cc2c(n1C1CCCNC1=O)CCCC2N. The molecule has 2 aliphatic rings. The molecular formula is C14H21N3O. The summed E-state index contributed by atoms with van der Waals surface area (Å²) in [6.45, 7) is 2.91. The molecule has 0 spiro atoms. The smallest absolute Gasteiger partial charge is 0.243 e. The average molecular weight is 247 g/mol. The molecule has 2 heterocycles. The average Bonchev–Trinajstić information content (AvgIpc) is 2.68. The first kappa shape index (κ1) is 11.8. The fraction of sp³-hybridized carbons (Fsp3) is 0.643. The number of nitrogens with two attached hydrogens (primary N) is 1. The first-order valence-electron chi connectivity index (χ1n) is 6.92. The van der Waals surface area contributed by atoms with E-state index in [9.17, 15) is 4.79 Å². The summed E-state index contributed by atoms with van der Waals surface area (Å²) < 4.78 is 2.24. The van der Waals surface area contributed by atoms with E-state index in [2.05, 4.69) is 22.9 Å². The zero-order valence-corrected chi connectivity index (χ0v) is 10.9. The predicted octanol–water partition coefficient (Wildman–Crippen LogP) is 1.58. The number of rotatable bonds is 1. The number of nitrogens with one attached hydrogen (secondary N) is 1. The lowest BCUT2D eigenvalue weighted by Gasteiger charge is -2.28. The van der Waals surface area contributed by atoms with Gasteiger partial charge in [-0.05, 0) is 50.7 Å². The standard InChI is InChI=1S/C14H21N3O/c1-9-8-10-11(15)4-2-5-12(10)17(9)13-6-3-7-16-14(13)18/h8,11,13H,2-7,15H2,1H3,(H,16,18). The van der Waals surface area contributed by atoms with Gasteiger partial charge in [0, 0.05) is 24.0 Å². The lowest BCUT2D eigenvalue weighted by molar-refractivity contribution is -0.125. The molecule has 2 unspecified atom stereocenters. The van der Waals surface area contributed by atoms with Crippen molar-refractivity contribution in [2.45, 2.75) is 51.1 Å². The molecule has 3 rings (SSSR count). The van der Waals surface area contributed by atoms with Crippen molar-refractivity contribution < 1.29 is 4.79 Å². The van der Waals surface area contributed by atoms with Crippen LogP contribution in [-0.2, 0) is 11.2 Å². The van der Waals surface area contributed by atoms with Crippen molar-refractivity contribution in [3.63, 3.8) is 0 Å². The van der Waals surface area contributed by atoms with E-state index in [1.54, 1.807) is 0 Å². The first-order chi connectivity index (χ1) is 8.68. The van der Waals surface area contributed by atoms with E-state index >= 15 is 0 Å². The van der Waals surface area contributed by atoms with E-state index < -0.39 is 0 Å². The minimum Gasteiger partial charge on any atom is -0.354 e. The van der Waals surface area contributed by atoms with Crippen molar-refractivity contribution in [3.8, 4) is 0 Å². The monoisotopic (exact) mass is 247 g/mol. The largest absolute Gasteiger partial charge is 0.354 e. The Hall–Kier alpha value is -1.29. The number of carbonyl (C=O) groups excluding carboxylic acids is 1. The van der Waals surface area contributed by atoms with Crippen LogP contribution in [0.4, 0.5) is 0 Å². The van der Waals surface area contributed by atoms with Gasteiger partial charge in [0.1, 0.15) is 6.04 Å². The van der Waals surface area contributed by atoms with Gasteiger partial charge in [0.25, 0.3) is 0 Å². The van der Waals surface area contributed by atoms with Gasteiger partial charge in [-0.2, -0.15) is 0 Å². The Labute approximate surface area is 108 Å². The fourth-order valence-corrected chi connectivity index (χ4v) is 3.40. The zero-order chi connectivity index (χ0) is 12.7. The van der Waals surface area contributed by atoms with Crippen molar-refractivity contribution in [2.75, 3.05) is 6.54 Å². The third-order valence-electron chi connectivity index (χ3n) is 4.26. The van der Waals surface area contributed by atoms with E-state index in [4.69, 9.17) is 5.73 Å². The van der Waals surface area contributed by atoms with Gasteiger partial charge < -0.3 is 15.6 Å². The molecule has 1 aliphatic heterocycles. The van der Waals surface area contributed by atoms with Crippen LogP contribution in [0.3, 0.4) is 0 Å². The van der Waals surface area contributed by atoms with Crippen molar-refractivity contribution in [3.05, 3.63) is 23.0 Å². The lowest BCUT2D eigenvalue weighted by Crippen LogP contribution is -2.39. The zero-order valence-electron chi connectivity index (χ0n) is 10.9. The quantitative estimate of drug-likeness (QED) is 0.791. The maximum Gasteiger partial charge on any atom is 0.243 e. The van der Waals surface area contributed by atoms with Gasteiger partial charge in [-0.1, -0.05) is 0 Å². The predicted molar refractivity (Wildman–Crippen MR) is 70.3 cm³/mol. The number of hydrogen-bond donors (Lipinski definition) is 2. The number of piperidine rings is 1. The number of nitrogens with zero attached hydrogens (tertiary/aromatic N) is 1. The Morgan fingerprint density at radius 1 is 1.39 bits per heavy atom. The second kappa shape index (κ2) is 4.43.